The highest BCUT2D eigenvalue weighted by Gasteiger charge is 2.43. The Morgan fingerprint density at radius 3 is 2.71 bits per heavy atom. The molecule has 0 aromatic carbocycles. The second-order valence-electron chi connectivity index (χ2n) is 5.42. The number of rotatable bonds is 1. The Balaban J connectivity index is 2.18. The summed E-state index contributed by atoms with van der Waals surface area (Å²) in [6, 6.07) is 0. The van der Waals surface area contributed by atoms with Crippen molar-refractivity contribution >= 4 is 11.8 Å². The SMILES string of the molecule is COC(=O)[C@@H]1CC(=O)[C@@H]2[C@@H](C)[C@@H](C)C=C[C@H]2C1. The summed E-state index contributed by atoms with van der Waals surface area (Å²) in [6.45, 7) is 4.29. The van der Waals surface area contributed by atoms with Crippen LogP contribution >= 0.6 is 0 Å². The molecule has 2 rings (SSSR count). The van der Waals surface area contributed by atoms with E-state index in [-0.39, 0.29) is 29.5 Å². The van der Waals surface area contributed by atoms with Crippen LogP contribution in [0.1, 0.15) is 26.7 Å². The summed E-state index contributed by atoms with van der Waals surface area (Å²) in [5.74, 6) is 0.935. The zero-order valence-corrected chi connectivity index (χ0v) is 10.7. The van der Waals surface area contributed by atoms with Crippen LogP contribution in [-0.4, -0.2) is 18.9 Å². The van der Waals surface area contributed by atoms with Gasteiger partial charge in [0.05, 0.1) is 13.0 Å². The molecule has 17 heavy (non-hydrogen) atoms. The number of carbonyl (C=O) groups excluding carboxylic acids is 2. The molecule has 0 saturated heterocycles. The van der Waals surface area contributed by atoms with Crippen molar-refractivity contribution in [1.82, 2.24) is 0 Å². The lowest BCUT2D eigenvalue weighted by atomic mass is 9.63. The first kappa shape index (κ1) is 12.3. The van der Waals surface area contributed by atoms with Crippen LogP contribution in [0.5, 0.6) is 0 Å². The third kappa shape index (κ3) is 2.15. The first-order chi connectivity index (χ1) is 8.04. The van der Waals surface area contributed by atoms with Crippen molar-refractivity contribution in [1.29, 1.82) is 0 Å². The van der Waals surface area contributed by atoms with E-state index in [4.69, 9.17) is 4.74 Å². The molecule has 0 spiro atoms. The molecule has 1 saturated carbocycles. The van der Waals surface area contributed by atoms with Crippen molar-refractivity contribution in [2.45, 2.75) is 26.7 Å². The topological polar surface area (TPSA) is 43.4 Å². The van der Waals surface area contributed by atoms with Gasteiger partial charge in [0.2, 0.25) is 0 Å². The van der Waals surface area contributed by atoms with Gasteiger partial charge < -0.3 is 4.74 Å². The molecule has 2 aliphatic carbocycles. The molecule has 2 aliphatic rings. The third-order valence-electron chi connectivity index (χ3n) is 4.43. The van der Waals surface area contributed by atoms with Crippen LogP contribution in [0.4, 0.5) is 0 Å². The summed E-state index contributed by atoms with van der Waals surface area (Å²) in [6.07, 6.45) is 5.43. The van der Waals surface area contributed by atoms with Gasteiger partial charge in [-0.05, 0) is 24.2 Å². The highest BCUT2D eigenvalue weighted by molar-refractivity contribution is 5.88. The van der Waals surface area contributed by atoms with Gasteiger partial charge in [0, 0.05) is 12.3 Å². The smallest absolute Gasteiger partial charge is 0.309 e. The lowest BCUT2D eigenvalue weighted by Crippen LogP contribution is -2.42. The second-order valence-corrected chi connectivity index (χ2v) is 5.42. The zero-order chi connectivity index (χ0) is 12.6. The van der Waals surface area contributed by atoms with E-state index in [9.17, 15) is 9.59 Å². The third-order valence-corrected chi connectivity index (χ3v) is 4.43. The maximum absolute atomic E-state index is 12.2. The van der Waals surface area contributed by atoms with Crippen LogP contribution in [0, 0.1) is 29.6 Å². The van der Waals surface area contributed by atoms with Crippen LogP contribution in [-0.2, 0) is 14.3 Å². The molecule has 3 nitrogen and oxygen atoms in total. The summed E-state index contributed by atoms with van der Waals surface area (Å²) < 4.78 is 4.75. The number of Topliss-reactive ketones (excluding diaryl/α,β-unsaturated/α-hetero) is 1. The monoisotopic (exact) mass is 236 g/mol. The molecule has 0 aliphatic heterocycles. The molecule has 94 valence electrons. The van der Waals surface area contributed by atoms with Crippen molar-refractivity contribution in [3.05, 3.63) is 12.2 Å². The Kier molecular flexibility index (Phi) is 3.36. The van der Waals surface area contributed by atoms with Crippen LogP contribution in [0.2, 0.25) is 0 Å². The minimum Gasteiger partial charge on any atom is -0.469 e. The minimum atomic E-state index is -0.239. The molecular formula is C14H20O3. The fraction of sp³-hybridized carbons (Fsp3) is 0.714. The fourth-order valence-electron chi connectivity index (χ4n) is 3.22. The van der Waals surface area contributed by atoms with Gasteiger partial charge >= 0.3 is 5.97 Å². The van der Waals surface area contributed by atoms with Crippen molar-refractivity contribution in [3.63, 3.8) is 0 Å². The minimum absolute atomic E-state index is 0.107. The van der Waals surface area contributed by atoms with Gasteiger partial charge in [0.1, 0.15) is 5.78 Å². The Bertz CT molecular complexity index is 358. The molecular weight excluding hydrogens is 216 g/mol. The largest absolute Gasteiger partial charge is 0.469 e. The molecule has 0 aromatic heterocycles. The number of hydrogen-bond acceptors (Lipinski definition) is 3. The number of esters is 1. The number of hydrogen-bond donors (Lipinski definition) is 0. The van der Waals surface area contributed by atoms with Gasteiger partial charge in [-0.25, -0.2) is 0 Å². The van der Waals surface area contributed by atoms with E-state index in [1.807, 2.05) is 0 Å². The standard InChI is InChI=1S/C14H20O3/c1-8-4-5-10-6-11(14(16)17-3)7-12(15)13(10)9(8)2/h4-5,8-11,13H,6-7H2,1-3H3/t8-,9-,10-,11-,13+/m0/s1. The van der Waals surface area contributed by atoms with Gasteiger partial charge in [0.25, 0.3) is 0 Å². The number of carbonyl (C=O) groups is 2. The molecule has 5 atom stereocenters. The molecule has 0 unspecified atom stereocenters. The van der Waals surface area contributed by atoms with Crippen LogP contribution in [0.3, 0.4) is 0 Å². The summed E-state index contributed by atoms with van der Waals surface area (Å²) in [5, 5.41) is 0. The van der Waals surface area contributed by atoms with E-state index in [1.165, 1.54) is 7.11 Å². The maximum atomic E-state index is 12.2. The average Bonchev–Trinajstić information content (AvgIpc) is 2.32. The van der Waals surface area contributed by atoms with Crippen molar-refractivity contribution in [2.75, 3.05) is 7.11 Å². The summed E-state index contributed by atoms with van der Waals surface area (Å²) in [5.41, 5.74) is 0. The van der Waals surface area contributed by atoms with Gasteiger partial charge in [-0.2, -0.15) is 0 Å². The highest BCUT2D eigenvalue weighted by atomic mass is 16.5. The van der Waals surface area contributed by atoms with Crippen molar-refractivity contribution in [2.24, 2.45) is 29.6 Å². The maximum Gasteiger partial charge on any atom is 0.309 e. The van der Waals surface area contributed by atoms with E-state index in [2.05, 4.69) is 26.0 Å². The van der Waals surface area contributed by atoms with E-state index in [0.717, 1.165) is 6.42 Å². The summed E-state index contributed by atoms with van der Waals surface area (Å²) >= 11 is 0. The molecule has 0 N–H and O–H groups in total. The Morgan fingerprint density at radius 1 is 1.35 bits per heavy atom. The first-order valence-corrected chi connectivity index (χ1v) is 6.33. The molecule has 1 fully saturated rings. The Hall–Kier alpha value is -1.12. The molecule has 0 amide bonds. The fourth-order valence-corrected chi connectivity index (χ4v) is 3.22. The Morgan fingerprint density at radius 2 is 2.06 bits per heavy atom. The zero-order valence-electron chi connectivity index (χ0n) is 10.7. The van der Waals surface area contributed by atoms with E-state index < -0.39 is 0 Å². The lowest BCUT2D eigenvalue weighted by molar-refractivity contribution is -0.151. The van der Waals surface area contributed by atoms with E-state index >= 15 is 0 Å². The van der Waals surface area contributed by atoms with Crippen LogP contribution < -0.4 is 0 Å². The van der Waals surface area contributed by atoms with Gasteiger partial charge in [-0.1, -0.05) is 26.0 Å². The predicted molar refractivity (Wildman–Crippen MR) is 64.2 cm³/mol. The number of ether oxygens (including phenoxy) is 1. The quantitative estimate of drug-likeness (QED) is 0.518. The number of ketones is 1. The van der Waals surface area contributed by atoms with E-state index in [1.54, 1.807) is 0 Å². The molecule has 0 radical (unpaired) electrons. The van der Waals surface area contributed by atoms with Gasteiger partial charge in [-0.15, -0.1) is 0 Å². The number of fused-ring (bicyclic) bond motifs is 1. The second kappa shape index (κ2) is 4.63. The molecule has 0 bridgehead atoms. The van der Waals surface area contributed by atoms with Gasteiger partial charge in [-0.3, -0.25) is 9.59 Å². The molecule has 0 heterocycles. The van der Waals surface area contributed by atoms with Crippen LogP contribution in [0.25, 0.3) is 0 Å². The summed E-state index contributed by atoms with van der Waals surface area (Å²) in [4.78, 5) is 23.7. The van der Waals surface area contributed by atoms with Gasteiger partial charge in [0.15, 0.2) is 0 Å². The van der Waals surface area contributed by atoms with Crippen molar-refractivity contribution < 1.29 is 14.3 Å². The lowest BCUT2D eigenvalue weighted by Gasteiger charge is -2.40. The normalized spacial score (nSPS) is 40.9. The molecule has 3 heteroatoms. The highest BCUT2D eigenvalue weighted by Crippen LogP contribution is 2.42. The number of allylic oxidation sites excluding steroid dienone is 2. The summed E-state index contributed by atoms with van der Waals surface area (Å²) in [7, 11) is 1.39. The van der Waals surface area contributed by atoms with Crippen molar-refractivity contribution in [3.8, 4) is 0 Å². The molecule has 0 aromatic rings. The Labute approximate surface area is 102 Å². The first-order valence-electron chi connectivity index (χ1n) is 6.33. The van der Waals surface area contributed by atoms with E-state index in [0.29, 0.717) is 18.3 Å². The average molecular weight is 236 g/mol. The predicted octanol–water partition coefficient (Wildman–Crippen LogP) is 2.21. The van der Waals surface area contributed by atoms with Crippen LogP contribution in [0.15, 0.2) is 12.2 Å². The number of methoxy groups -OCH3 is 1.